The molecule has 0 saturated heterocycles. The highest BCUT2D eigenvalue weighted by molar-refractivity contribution is 5.95. The van der Waals surface area contributed by atoms with Crippen LogP contribution in [0, 0.1) is 6.92 Å². The van der Waals surface area contributed by atoms with E-state index < -0.39 is 11.4 Å². The topological polar surface area (TPSA) is 68.5 Å². The van der Waals surface area contributed by atoms with E-state index in [1.54, 1.807) is 24.3 Å². The maximum atomic E-state index is 12.1. The summed E-state index contributed by atoms with van der Waals surface area (Å²) in [7, 11) is 1.19. The number of rotatable bonds is 1. The van der Waals surface area contributed by atoms with E-state index >= 15 is 0 Å². The Hall–Kier alpha value is -2.30. The molecule has 0 aliphatic carbocycles. The van der Waals surface area contributed by atoms with Crippen molar-refractivity contribution >= 4 is 16.9 Å². The maximum Gasteiger partial charge on any atom is 0.343 e. The fraction of sp³-hybridized carbons (Fsp3) is 0.167. The van der Waals surface area contributed by atoms with Crippen molar-refractivity contribution in [1.82, 2.24) is 4.73 Å². The van der Waals surface area contributed by atoms with Crippen LogP contribution in [0.2, 0.25) is 0 Å². The predicted octanol–water partition coefficient (Wildman–Crippen LogP) is 1.33. The summed E-state index contributed by atoms with van der Waals surface area (Å²) in [6.07, 6.45) is 0. The molecule has 5 heteroatoms. The number of pyridine rings is 1. The molecule has 1 aromatic carbocycles. The van der Waals surface area contributed by atoms with Crippen LogP contribution in [-0.2, 0) is 4.74 Å². The Morgan fingerprint density at radius 2 is 2.00 bits per heavy atom. The third-order valence-electron chi connectivity index (χ3n) is 2.67. The van der Waals surface area contributed by atoms with Crippen LogP contribution in [-0.4, -0.2) is 23.0 Å². The van der Waals surface area contributed by atoms with Crippen molar-refractivity contribution < 1.29 is 14.7 Å². The van der Waals surface area contributed by atoms with E-state index in [4.69, 9.17) is 0 Å². The average molecular weight is 233 g/mol. The summed E-state index contributed by atoms with van der Waals surface area (Å²) in [6, 6.07) is 6.52. The van der Waals surface area contributed by atoms with Crippen molar-refractivity contribution in [2.24, 2.45) is 0 Å². The Morgan fingerprint density at radius 3 is 2.65 bits per heavy atom. The first kappa shape index (κ1) is 11.2. The average Bonchev–Trinajstić information content (AvgIpc) is 2.36. The largest absolute Gasteiger partial charge is 0.465 e. The molecule has 1 N–H and O–H groups in total. The first-order valence-corrected chi connectivity index (χ1v) is 5.00. The second-order valence-electron chi connectivity index (χ2n) is 3.61. The van der Waals surface area contributed by atoms with E-state index in [2.05, 4.69) is 4.74 Å². The second kappa shape index (κ2) is 3.93. The van der Waals surface area contributed by atoms with Gasteiger partial charge in [-0.05, 0) is 19.1 Å². The number of benzene rings is 1. The Bertz CT molecular complexity index is 657. The fourth-order valence-corrected chi connectivity index (χ4v) is 1.78. The summed E-state index contributed by atoms with van der Waals surface area (Å²) >= 11 is 0. The highest BCUT2D eigenvalue weighted by Gasteiger charge is 2.19. The number of carbonyl (C=O) groups excluding carboxylic acids is 1. The molecule has 17 heavy (non-hydrogen) atoms. The minimum Gasteiger partial charge on any atom is -0.465 e. The number of para-hydroxylation sites is 1. The molecule has 0 amide bonds. The molecule has 1 aromatic heterocycles. The number of carbonyl (C=O) groups is 1. The molecule has 5 nitrogen and oxygen atoms in total. The number of fused-ring (bicyclic) bond motifs is 1. The van der Waals surface area contributed by atoms with Gasteiger partial charge in [0.05, 0.1) is 23.7 Å². The Kier molecular flexibility index (Phi) is 2.59. The standard InChI is InChI=1S/C12H11NO4/c1-7-10(12(15)17-2)11(14)8-5-3-4-6-9(8)13(7)16/h3-6,16H,1-2H3. The molecule has 0 atom stereocenters. The smallest absolute Gasteiger partial charge is 0.343 e. The molecule has 0 aliphatic rings. The molecule has 2 rings (SSSR count). The molecule has 0 unspecified atom stereocenters. The molecule has 0 saturated carbocycles. The highest BCUT2D eigenvalue weighted by Crippen LogP contribution is 2.14. The van der Waals surface area contributed by atoms with Gasteiger partial charge in [-0.15, -0.1) is 0 Å². The van der Waals surface area contributed by atoms with Gasteiger partial charge in [-0.25, -0.2) is 4.79 Å². The molecule has 0 fully saturated rings. The normalized spacial score (nSPS) is 10.5. The van der Waals surface area contributed by atoms with Crippen molar-refractivity contribution in [1.29, 1.82) is 0 Å². The highest BCUT2D eigenvalue weighted by atomic mass is 16.5. The number of methoxy groups -OCH3 is 1. The fourth-order valence-electron chi connectivity index (χ4n) is 1.78. The number of aromatic nitrogens is 1. The Balaban J connectivity index is 2.97. The van der Waals surface area contributed by atoms with Gasteiger partial charge in [0, 0.05) is 0 Å². The van der Waals surface area contributed by atoms with E-state index in [-0.39, 0.29) is 16.6 Å². The van der Waals surface area contributed by atoms with Gasteiger partial charge in [-0.2, -0.15) is 4.73 Å². The van der Waals surface area contributed by atoms with Gasteiger partial charge in [0.25, 0.3) is 0 Å². The molecule has 0 bridgehead atoms. The molecule has 0 aliphatic heterocycles. The zero-order valence-electron chi connectivity index (χ0n) is 9.43. The minimum absolute atomic E-state index is 0.145. The van der Waals surface area contributed by atoms with Crippen LogP contribution >= 0.6 is 0 Å². The first-order valence-electron chi connectivity index (χ1n) is 5.00. The third-order valence-corrected chi connectivity index (χ3v) is 2.67. The van der Waals surface area contributed by atoms with Crippen LogP contribution in [0.5, 0.6) is 0 Å². The molecule has 2 aromatic rings. The summed E-state index contributed by atoms with van der Waals surface area (Å²) in [5.74, 6) is -0.749. The summed E-state index contributed by atoms with van der Waals surface area (Å²) in [6.45, 7) is 1.49. The predicted molar refractivity (Wildman–Crippen MR) is 61.5 cm³/mol. The quantitative estimate of drug-likeness (QED) is 0.596. The van der Waals surface area contributed by atoms with E-state index in [0.717, 1.165) is 4.73 Å². The van der Waals surface area contributed by atoms with Gasteiger partial charge < -0.3 is 9.94 Å². The summed E-state index contributed by atoms with van der Waals surface area (Å²) in [4.78, 5) is 23.6. The number of hydrogen-bond acceptors (Lipinski definition) is 4. The lowest BCUT2D eigenvalue weighted by atomic mass is 10.1. The third kappa shape index (κ3) is 1.56. The number of ether oxygens (including phenoxy) is 1. The van der Waals surface area contributed by atoms with Crippen LogP contribution in [0.1, 0.15) is 16.1 Å². The second-order valence-corrected chi connectivity index (χ2v) is 3.61. The van der Waals surface area contributed by atoms with Gasteiger partial charge in [-0.3, -0.25) is 4.79 Å². The molecular weight excluding hydrogens is 222 g/mol. The molecule has 0 spiro atoms. The van der Waals surface area contributed by atoms with Crippen LogP contribution in [0.15, 0.2) is 29.1 Å². The van der Waals surface area contributed by atoms with Crippen LogP contribution in [0.3, 0.4) is 0 Å². The van der Waals surface area contributed by atoms with Crippen molar-refractivity contribution in [2.45, 2.75) is 6.92 Å². The van der Waals surface area contributed by atoms with Crippen LogP contribution in [0.25, 0.3) is 10.9 Å². The first-order chi connectivity index (χ1) is 8.07. The van der Waals surface area contributed by atoms with E-state index in [9.17, 15) is 14.8 Å². The van der Waals surface area contributed by atoms with Crippen molar-refractivity contribution in [2.75, 3.05) is 7.11 Å². The van der Waals surface area contributed by atoms with Gasteiger partial charge in [-0.1, -0.05) is 12.1 Å². The summed E-state index contributed by atoms with van der Waals surface area (Å²) in [5.41, 5.74) is -0.0489. The SMILES string of the molecule is COC(=O)c1c(C)n(O)c2ccccc2c1=O. The molecular formula is C12H11NO4. The zero-order chi connectivity index (χ0) is 12.6. The van der Waals surface area contributed by atoms with Gasteiger partial charge in [0.1, 0.15) is 5.56 Å². The maximum absolute atomic E-state index is 12.1. The lowest BCUT2D eigenvalue weighted by Gasteiger charge is -2.10. The molecule has 1 heterocycles. The van der Waals surface area contributed by atoms with Crippen molar-refractivity contribution in [3.8, 4) is 0 Å². The lowest BCUT2D eigenvalue weighted by molar-refractivity contribution is 0.0593. The lowest BCUT2D eigenvalue weighted by Crippen LogP contribution is -2.22. The molecule has 0 radical (unpaired) electrons. The van der Waals surface area contributed by atoms with Gasteiger partial charge in [0.2, 0.25) is 5.43 Å². The van der Waals surface area contributed by atoms with Gasteiger partial charge >= 0.3 is 5.97 Å². The van der Waals surface area contributed by atoms with E-state index in [0.29, 0.717) is 5.52 Å². The van der Waals surface area contributed by atoms with Crippen molar-refractivity contribution in [3.05, 3.63) is 45.7 Å². The van der Waals surface area contributed by atoms with E-state index in [1.165, 1.54) is 14.0 Å². The minimum atomic E-state index is -0.749. The molecule has 88 valence electrons. The number of esters is 1. The van der Waals surface area contributed by atoms with Crippen LogP contribution < -0.4 is 5.43 Å². The van der Waals surface area contributed by atoms with Gasteiger partial charge in [0.15, 0.2) is 0 Å². The Labute approximate surface area is 96.8 Å². The van der Waals surface area contributed by atoms with Crippen LogP contribution in [0.4, 0.5) is 0 Å². The summed E-state index contributed by atoms with van der Waals surface area (Å²) < 4.78 is 5.36. The summed E-state index contributed by atoms with van der Waals surface area (Å²) in [5, 5.41) is 10.2. The van der Waals surface area contributed by atoms with Crippen molar-refractivity contribution in [3.63, 3.8) is 0 Å². The van der Waals surface area contributed by atoms with E-state index in [1.807, 2.05) is 0 Å². The number of nitrogens with zero attached hydrogens (tertiary/aromatic N) is 1. The number of hydrogen-bond donors (Lipinski definition) is 1. The monoisotopic (exact) mass is 233 g/mol. The Morgan fingerprint density at radius 1 is 1.35 bits per heavy atom. The zero-order valence-corrected chi connectivity index (χ0v) is 9.43.